The van der Waals surface area contributed by atoms with Gasteiger partial charge in [-0.1, -0.05) is 23.2 Å². The Morgan fingerprint density at radius 3 is 2.94 bits per heavy atom. The predicted molar refractivity (Wildman–Crippen MR) is 70.1 cm³/mol. The fraction of sp³-hybridized carbons (Fsp3) is 0.636. The van der Waals surface area contributed by atoms with Crippen LogP contribution in [0.5, 0.6) is 0 Å². The molecule has 2 rings (SSSR count). The van der Waals surface area contributed by atoms with Crippen LogP contribution in [0.1, 0.15) is 13.8 Å². The van der Waals surface area contributed by atoms with E-state index in [0.717, 1.165) is 6.54 Å². The summed E-state index contributed by atoms with van der Waals surface area (Å²) in [5.74, 6) is 0. The minimum absolute atomic E-state index is 0.0145. The van der Waals surface area contributed by atoms with Gasteiger partial charge in [0.25, 0.3) is 5.56 Å². The van der Waals surface area contributed by atoms with Gasteiger partial charge in [-0.2, -0.15) is 5.10 Å². The van der Waals surface area contributed by atoms with E-state index in [2.05, 4.69) is 16.9 Å². The van der Waals surface area contributed by atoms with E-state index < -0.39 is 0 Å². The molecule has 2 heterocycles. The van der Waals surface area contributed by atoms with Crippen molar-refractivity contribution in [1.29, 1.82) is 0 Å². The summed E-state index contributed by atoms with van der Waals surface area (Å²) in [6, 6.07) is 0.240. The quantitative estimate of drug-likeness (QED) is 0.831. The molecule has 0 aromatic carbocycles. The molecule has 0 aliphatic carbocycles. The smallest absolute Gasteiger partial charge is 0.288 e. The van der Waals surface area contributed by atoms with Crippen molar-refractivity contribution in [3.8, 4) is 0 Å². The second-order valence-electron chi connectivity index (χ2n) is 4.52. The molecule has 1 aliphatic heterocycles. The van der Waals surface area contributed by atoms with Crippen molar-refractivity contribution >= 4 is 23.2 Å². The molecule has 0 amide bonds. The normalized spacial score (nSPS) is 25.3. The third-order valence-electron chi connectivity index (χ3n) is 2.99. The molecule has 5 nitrogen and oxygen atoms in total. The zero-order chi connectivity index (χ0) is 13.3. The summed E-state index contributed by atoms with van der Waals surface area (Å²) < 4.78 is 6.86. The van der Waals surface area contributed by atoms with E-state index in [1.165, 1.54) is 10.9 Å². The standard InChI is InChI=1S/C11H15Cl2N3O2/c1-7-5-18-8(2)4-15(7)6-16-11(17)10(13)9(12)3-14-16/h3,7-8H,4-6H2,1-2H3. The zero-order valence-corrected chi connectivity index (χ0v) is 11.8. The highest BCUT2D eigenvalue weighted by molar-refractivity contribution is 6.41. The summed E-state index contributed by atoms with van der Waals surface area (Å²) >= 11 is 11.6. The highest BCUT2D eigenvalue weighted by Crippen LogP contribution is 2.16. The first-order chi connectivity index (χ1) is 8.49. The van der Waals surface area contributed by atoms with E-state index in [0.29, 0.717) is 13.3 Å². The summed E-state index contributed by atoms with van der Waals surface area (Å²) in [4.78, 5) is 14.0. The summed E-state index contributed by atoms with van der Waals surface area (Å²) in [6.07, 6.45) is 1.54. The van der Waals surface area contributed by atoms with Crippen molar-refractivity contribution in [2.45, 2.75) is 32.7 Å². The van der Waals surface area contributed by atoms with Crippen LogP contribution in [-0.2, 0) is 11.4 Å². The Hall–Kier alpha value is -0.620. The van der Waals surface area contributed by atoms with Gasteiger partial charge in [0.15, 0.2) is 0 Å². The third-order valence-corrected chi connectivity index (χ3v) is 3.74. The van der Waals surface area contributed by atoms with Crippen molar-refractivity contribution in [2.75, 3.05) is 13.2 Å². The minimum atomic E-state index is -0.365. The molecule has 2 unspecified atom stereocenters. The van der Waals surface area contributed by atoms with Crippen LogP contribution >= 0.6 is 23.2 Å². The number of hydrogen-bond donors (Lipinski definition) is 0. The fourth-order valence-corrected chi connectivity index (χ4v) is 2.16. The molecule has 0 bridgehead atoms. The molecule has 1 saturated heterocycles. The minimum Gasteiger partial charge on any atom is -0.376 e. The van der Waals surface area contributed by atoms with Gasteiger partial charge in [-0.05, 0) is 13.8 Å². The fourth-order valence-electron chi connectivity index (χ4n) is 1.89. The first-order valence-corrected chi connectivity index (χ1v) is 6.51. The van der Waals surface area contributed by atoms with Crippen LogP contribution in [0.15, 0.2) is 11.0 Å². The lowest BCUT2D eigenvalue weighted by Gasteiger charge is -2.36. The number of rotatable bonds is 2. The number of nitrogens with zero attached hydrogens (tertiary/aromatic N) is 3. The predicted octanol–water partition coefficient (Wildman–Crippen LogP) is 1.62. The molecular formula is C11H15Cl2N3O2. The van der Waals surface area contributed by atoms with Gasteiger partial charge in [0.2, 0.25) is 0 Å². The van der Waals surface area contributed by atoms with E-state index in [-0.39, 0.29) is 27.8 Å². The zero-order valence-electron chi connectivity index (χ0n) is 10.3. The second-order valence-corrected chi connectivity index (χ2v) is 5.30. The summed E-state index contributed by atoms with van der Waals surface area (Å²) in [7, 11) is 0. The molecule has 0 spiro atoms. The summed E-state index contributed by atoms with van der Waals surface area (Å²) in [5.41, 5.74) is -0.365. The molecule has 2 atom stereocenters. The third kappa shape index (κ3) is 2.85. The van der Waals surface area contributed by atoms with E-state index >= 15 is 0 Å². The molecule has 1 aliphatic rings. The van der Waals surface area contributed by atoms with Crippen molar-refractivity contribution in [2.24, 2.45) is 0 Å². The topological polar surface area (TPSA) is 47.4 Å². The van der Waals surface area contributed by atoms with Gasteiger partial charge < -0.3 is 4.74 Å². The average molecular weight is 292 g/mol. The molecule has 0 radical (unpaired) electrons. The SMILES string of the molecule is CC1CN(Cn2ncc(Cl)c(Cl)c2=O)C(C)CO1. The maximum Gasteiger partial charge on any atom is 0.288 e. The molecule has 0 saturated carbocycles. The van der Waals surface area contributed by atoms with Crippen molar-refractivity contribution in [3.63, 3.8) is 0 Å². The van der Waals surface area contributed by atoms with Gasteiger partial charge in [0.1, 0.15) is 5.02 Å². The number of hydrogen-bond acceptors (Lipinski definition) is 4. The van der Waals surface area contributed by atoms with Gasteiger partial charge in [-0.25, -0.2) is 4.68 Å². The maximum absolute atomic E-state index is 11.9. The van der Waals surface area contributed by atoms with E-state index in [4.69, 9.17) is 27.9 Å². The largest absolute Gasteiger partial charge is 0.376 e. The lowest BCUT2D eigenvalue weighted by molar-refractivity contribution is -0.0628. The van der Waals surface area contributed by atoms with Crippen LogP contribution in [-0.4, -0.2) is 40.0 Å². The molecule has 1 aromatic heterocycles. The highest BCUT2D eigenvalue weighted by Gasteiger charge is 2.24. The molecule has 1 aromatic rings. The first-order valence-electron chi connectivity index (χ1n) is 5.76. The lowest BCUT2D eigenvalue weighted by Crippen LogP contribution is -2.49. The van der Waals surface area contributed by atoms with Gasteiger partial charge >= 0.3 is 0 Å². The Labute approximate surface area is 115 Å². The second kappa shape index (κ2) is 5.57. The molecule has 100 valence electrons. The van der Waals surface area contributed by atoms with Gasteiger partial charge in [0, 0.05) is 12.6 Å². The molecule has 18 heavy (non-hydrogen) atoms. The van der Waals surface area contributed by atoms with Crippen molar-refractivity contribution < 1.29 is 4.74 Å². The average Bonchev–Trinajstić information content (AvgIpc) is 2.34. The summed E-state index contributed by atoms with van der Waals surface area (Å²) in [6.45, 7) is 5.86. The van der Waals surface area contributed by atoms with Gasteiger partial charge in [-0.15, -0.1) is 0 Å². The van der Waals surface area contributed by atoms with Crippen LogP contribution in [0.25, 0.3) is 0 Å². The Morgan fingerprint density at radius 1 is 1.50 bits per heavy atom. The Bertz CT molecular complexity index is 492. The number of morpholine rings is 1. The van der Waals surface area contributed by atoms with Crippen molar-refractivity contribution in [1.82, 2.24) is 14.7 Å². The van der Waals surface area contributed by atoms with Gasteiger partial charge in [-0.3, -0.25) is 9.69 Å². The van der Waals surface area contributed by atoms with Crippen LogP contribution in [0.2, 0.25) is 10.0 Å². The lowest BCUT2D eigenvalue weighted by atomic mass is 10.2. The van der Waals surface area contributed by atoms with E-state index in [9.17, 15) is 4.79 Å². The molecule has 1 fully saturated rings. The maximum atomic E-state index is 11.9. The van der Waals surface area contributed by atoms with E-state index in [1.807, 2.05) is 6.92 Å². The monoisotopic (exact) mass is 291 g/mol. The van der Waals surface area contributed by atoms with E-state index in [1.54, 1.807) is 0 Å². The Balaban J connectivity index is 2.18. The highest BCUT2D eigenvalue weighted by atomic mass is 35.5. The van der Waals surface area contributed by atoms with Crippen molar-refractivity contribution in [3.05, 3.63) is 26.6 Å². The molecule has 0 N–H and O–H groups in total. The number of ether oxygens (including phenoxy) is 1. The van der Waals surface area contributed by atoms with Crippen LogP contribution in [0.3, 0.4) is 0 Å². The molecular weight excluding hydrogens is 277 g/mol. The number of halogens is 2. The Kier molecular flexibility index (Phi) is 4.27. The molecule has 7 heteroatoms. The van der Waals surface area contributed by atoms with Crippen LogP contribution in [0, 0.1) is 0 Å². The summed E-state index contributed by atoms with van der Waals surface area (Å²) in [5, 5.41) is 4.19. The van der Waals surface area contributed by atoms with Gasteiger partial charge in [0.05, 0.1) is 30.6 Å². The van der Waals surface area contributed by atoms with Crippen LogP contribution in [0.4, 0.5) is 0 Å². The first kappa shape index (κ1) is 13.8. The number of aromatic nitrogens is 2. The Morgan fingerprint density at radius 2 is 2.22 bits per heavy atom. The van der Waals surface area contributed by atoms with Crippen LogP contribution < -0.4 is 5.56 Å².